The number of amides is 1. The molecule has 3 N–H and O–H groups in total. The predicted molar refractivity (Wildman–Crippen MR) is 71.8 cm³/mol. The van der Waals surface area contributed by atoms with E-state index in [0.29, 0.717) is 18.4 Å². The SMILES string of the molecule is CC1CCCC1CNC(=O)C(N)CCS(C)(=O)=O. The van der Waals surface area contributed by atoms with Crippen molar-refractivity contribution in [1.29, 1.82) is 0 Å². The molecule has 0 aromatic rings. The van der Waals surface area contributed by atoms with Gasteiger partial charge in [-0.1, -0.05) is 19.8 Å². The second-order valence-electron chi connectivity index (χ2n) is 5.44. The average Bonchev–Trinajstić information content (AvgIpc) is 2.67. The van der Waals surface area contributed by atoms with Gasteiger partial charge in [0.25, 0.3) is 0 Å². The molecular weight excluding hydrogens is 252 g/mol. The minimum absolute atomic E-state index is 0.0403. The summed E-state index contributed by atoms with van der Waals surface area (Å²) in [5.41, 5.74) is 5.67. The molecule has 0 saturated heterocycles. The maximum atomic E-state index is 11.7. The van der Waals surface area contributed by atoms with E-state index in [1.54, 1.807) is 0 Å². The molecule has 106 valence electrons. The molecule has 5 nitrogen and oxygen atoms in total. The molecule has 1 aliphatic rings. The molecule has 0 aromatic carbocycles. The zero-order chi connectivity index (χ0) is 13.8. The van der Waals surface area contributed by atoms with Gasteiger partial charge in [0.05, 0.1) is 11.8 Å². The van der Waals surface area contributed by atoms with Crippen molar-refractivity contribution in [3.8, 4) is 0 Å². The highest BCUT2D eigenvalue weighted by Crippen LogP contribution is 2.30. The van der Waals surface area contributed by atoms with Crippen LogP contribution in [-0.4, -0.2) is 38.9 Å². The normalized spacial score (nSPS) is 25.9. The fourth-order valence-electron chi connectivity index (χ4n) is 2.36. The molecule has 1 fully saturated rings. The number of hydrogen-bond acceptors (Lipinski definition) is 4. The van der Waals surface area contributed by atoms with Gasteiger partial charge in [-0.15, -0.1) is 0 Å². The Balaban J connectivity index is 2.27. The Morgan fingerprint density at radius 2 is 2.11 bits per heavy atom. The fraction of sp³-hybridized carbons (Fsp3) is 0.917. The molecule has 0 bridgehead atoms. The first-order valence-electron chi connectivity index (χ1n) is 6.50. The first-order valence-corrected chi connectivity index (χ1v) is 8.56. The third kappa shape index (κ3) is 5.35. The number of hydrogen-bond donors (Lipinski definition) is 2. The highest BCUT2D eigenvalue weighted by Gasteiger charge is 2.24. The van der Waals surface area contributed by atoms with Gasteiger partial charge >= 0.3 is 0 Å². The molecule has 1 rings (SSSR count). The van der Waals surface area contributed by atoms with E-state index in [1.165, 1.54) is 12.8 Å². The third-order valence-corrected chi connectivity index (χ3v) is 4.69. The highest BCUT2D eigenvalue weighted by atomic mass is 32.2. The molecule has 18 heavy (non-hydrogen) atoms. The van der Waals surface area contributed by atoms with Gasteiger partial charge in [-0.2, -0.15) is 0 Å². The van der Waals surface area contributed by atoms with Crippen LogP contribution in [0, 0.1) is 11.8 Å². The van der Waals surface area contributed by atoms with Crippen molar-refractivity contribution in [2.75, 3.05) is 18.6 Å². The van der Waals surface area contributed by atoms with Crippen LogP contribution >= 0.6 is 0 Å². The van der Waals surface area contributed by atoms with Crippen LogP contribution in [0.15, 0.2) is 0 Å². The molecule has 0 aromatic heterocycles. The van der Waals surface area contributed by atoms with E-state index in [0.717, 1.165) is 12.7 Å². The van der Waals surface area contributed by atoms with Crippen molar-refractivity contribution in [2.24, 2.45) is 17.6 Å². The van der Waals surface area contributed by atoms with Gasteiger partial charge in [-0.05, 0) is 24.7 Å². The van der Waals surface area contributed by atoms with E-state index >= 15 is 0 Å². The van der Waals surface area contributed by atoms with Gasteiger partial charge in [0.15, 0.2) is 0 Å². The molecule has 0 spiro atoms. The summed E-state index contributed by atoms with van der Waals surface area (Å²) < 4.78 is 22.0. The van der Waals surface area contributed by atoms with E-state index in [4.69, 9.17) is 5.73 Å². The minimum atomic E-state index is -3.05. The van der Waals surface area contributed by atoms with Gasteiger partial charge in [0.2, 0.25) is 5.91 Å². The summed E-state index contributed by atoms with van der Waals surface area (Å²) in [5, 5.41) is 2.83. The lowest BCUT2D eigenvalue weighted by Gasteiger charge is -2.18. The lowest BCUT2D eigenvalue weighted by atomic mass is 9.98. The first-order chi connectivity index (χ1) is 8.29. The van der Waals surface area contributed by atoms with Crippen molar-refractivity contribution < 1.29 is 13.2 Å². The highest BCUT2D eigenvalue weighted by molar-refractivity contribution is 7.90. The van der Waals surface area contributed by atoms with Crippen LogP contribution in [0.4, 0.5) is 0 Å². The van der Waals surface area contributed by atoms with Crippen LogP contribution < -0.4 is 11.1 Å². The molecule has 0 heterocycles. The minimum Gasteiger partial charge on any atom is -0.354 e. The summed E-state index contributed by atoms with van der Waals surface area (Å²) in [6, 6.07) is -0.726. The van der Waals surface area contributed by atoms with Gasteiger partial charge in [-0.25, -0.2) is 8.42 Å². The number of nitrogens with one attached hydrogen (secondary N) is 1. The van der Waals surface area contributed by atoms with Crippen molar-refractivity contribution in [3.05, 3.63) is 0 Å². The van der Waals surface area contributed by atoms with E-state index in [9.17, 15) is 13.2 Å². The summed E-state index contributed by atoms with van der Waals surface area (Å²) in [6.07, 6.45) is 4.94. The summed E-state index contributed by atoms with van der Waals surface area (Å²) in [6.45, 7) is 2.86. The molecule has 3 unspecified atom stereocenters. The summed E-state index contributed by atoms with van der Waals surface area (Å²) >= 11 is 0. The monoisotopic (exact) mass is 276 g/mol. The Kier molecular flexibility index (Phi) is 5.59. The fourth-order valence-corrected chi connectivity index (χ4v) is 3.04. The molecule has 1 aliphatic carbocycles. The molecular formula is C12H24N2O3S. The number of rotatable bonds is 6. The topological polar surface area (TPSA) is 89.3 Å². The van der Waals surface area contributed by atoms with Crippen molar-refractivity contribution in [2.45, 2.75) is 38.6 Å². The molecule has 3 atom stereocenters. The Bertz CT molecular complexity index is 381. The smallest absolute Gasteiger partial charge is 0.236 e. The number of carbonyl (C=O) groups excluding carboxylic acids is 1. The largest absolute Gasteiger partial charge is 0.354 e. The lowest BCUT2D eigenvalue weighted by molar-refractivity contribution is -0.122. The Morgan fingerprint density at radius 3 is 2.61 bits per heavy atom. The van der Waals surface area contributed by atoms with Gasteiger partial charge in [0, 0.05) is 12.8 Å². The molecule has 6 heteroatoms. The maximum absolute atomic E-state index is 11.7. The van der Waals surface area contributed by atoms with Gasteiger partial charge in [0.1, 0.15) is 9.84 Å². The molecule has 0 radical (unpaired) electrons. The van der Waals surface area contributed by atoms with Crippen LogP contribution in [0.3, 0.4) is 0 Å². The molecule has 1 saturated carbocycles. The Labute approximate surface area is 109 Å². The number of carbonyl (C=O) groups is 1. The van der Waals surface area contributed by atoms with Crippen LogP contribution in [-0.2, 0) is 14.6 Å². The maximum Gasteiger partial charge on any atom is 0.236 e. The van der Waals surface area contributed by atoms with Crippen LogP contribution in [0.25, 0.3) is 0 Å². The zero-order valence-electron chi connectivity index (χ0n) is 11.2. The van der Waals surface area contributed by atoms with E-state index < -0.39 is 15.9 Å². The Hall–Kier alpha value is -0.620. The predicted octanol–water partition coefficient (Wildman–Crippen LogP) is 0.301. The quantitative estimate of drug-likeness (QED) is 0.730. The Morgan fingerprint density at radius 1 is 1.44 bits per heavy atom. The second-order valence-corrected chi connectivity index (χ2v) is 7.70. The van der Waals surface area contributed by atoms with Crippen molar-refractivity contribution in [3.63, 3.8) is 0 Å². The van der Waals surface area contributed by atoms with Crippen molar-refractivity contribution in [1.82, 2.24) is 5.32 Å². The molecule has 1 amide bonds. The zero-order valence-corrected chi connectivity index (χ0v) is 12.0. The van der Waals surface area contributed by atoms with E-state index in [1.807, 2.05) is 0 Å². The summed E-state index contributed by atoms with van der Waals surface area (Å²) in [5.74, 6) is 0.910. The summed E-state index contributed by atoms with van der Waals surface area (Å²) in [4.78, 5) is 11.7. The van der Waals surface area contributed by atoms with Crippen molar-refractivity contribution >= 4 is 15.7 Å². The summed E-state index contributed by atoms with van der Waals surface area (Å²) in [7, 11) is -3.05. The number of sulfone groups is 1. The molecule has 0 aliphatic heterocycles. The van der Waals surface area contributed by atoms with Gasteiger partial charge in [-0.3, -0.25) is 4.79 Å². The van der Waals surface area contributed by atoms with E-state index in [2.05, 4.69) is 12.2 Å². The first kappa shape index (κ1) is 15.4. The second kappa shape index (κ2) is 6.52. The van der Waals surface area contributed by atoms with Crippen LogP contribution in [0.1, 0.15) is 32.6 Å². The van der Waals surface area contributed by atoms with Gasteiger partial charge < -0.3 is 11.1 Å². The third-order valence-electron chi connectivity index (χ3n) is 3.71. The van der Waals surface area contributed by atoms with Crippen LogP contribution in [0.2, 0.25) is 0 Å². The van der Waals surface area contributed by atoms with Crippen LogP contribution in [0.5, 0.6) is 0 Å². The average molecular weight is 276 g/mol. The lowest BCUT2D eigenvalue weighted by Crippen LogP contribution is -2.43. The van der Waals surface area contributed by atoms with E-state index in [-0.39, 0.29) is 18.1 Å². The number of nitrogens with two attached hydrogens (primary N) is 1. The standard InChI is InChI=1S/C12H24N2O3S/c1-9-4-3-5-10(9)8-14-12(15)11(13)6-7-18(2,16)17/h9-11H,3-8,13H2,1-2H3,(H,14,15).